The SMILES string of the molecule is Cc1ccccc1-n1ncc(I)c1N. The first-order valence-corrected chi connectivity index (χ1v) is 5.33. The van der Waals surface area contributed by atoms with Crippen molar-refractivity contribution in [1.82, 2.24) is 9.78 Å². The molecule has 0 saturated heterocycles. The highest BCUT2D eigenvalue weighted by atomic mass is 127. The van der Waals surface area contributed by atoms with Crippen molar-refractivity contribution in [2.45, 2.75) is 6.92 Å². The number of aromatic nitrogens is 2. The smallest absolute Gasteiger partial charge is 0.140 e. The monoisotopic (exact) mass is 299 g/mol. The molecule has 0 aliphatic carbocycles. The number of benzene rings is 1. The molecule has 0 aliphatic rings. The third-order valence-corrected chi connectivity index (χ3v) is 2.93. The maximum Gasteiger partial charge on any atom is 0.140 e. The van der Waals surface area contributed by atoms with Gasteiger partial charge in [0.2, 0.25) is 0 Å². The Hall–Kier alpha value is -1.04. The van der Waals surface area contributed by atoms with E-state index in [1.807, 2.05) is 31.2 Å². The van der Waals surface area contributed by atoms with Gasteiger partial charge in [0, 0.05) is 0 Å². The zero-order valence-corrected chi connectivity index (χ0v) is 9.89. The molecule has 0 aliphatic heterocycles. The van der Waals surface area contributed by atoms with Crippen LogP contribution in [0.5, 0.6) is 0 Å². The Morgan fingerprint density at radius 3 is 2.64 bits per heavy atom. The van der Waals surface area contributed by atoms with E-state index in [1.54, 1.807) is 10.9 Å². The molecule has 0 amide bonds. The summed E-state index contributed by atoms with van der Waals surface area (Å²) in [6, 6.07) is 8.04. The molecule has 0 radical (unpaired) electrons. The van der Waals surface area contributed by atoms with Gasteiger partial charge in [0.15, 0.2) is 0 Å². The lowest BCUT2D eigenvalue weighted by Gasteiger charge is -2.06. The molecule has 2 N–H and O–H groups in total. The summed E-state index contributed by atoms with van der Waals surface area (Å²) >= 11 is 2.18. The van der Waals surface area contributed by atoms with Crippen molar-refractivity contribution < 1.29 is 0 Å². The van der Waals surface area contributed by atoms with E-state index in [0.29, 0.717) is 5.82 Å². The van der Waals surface area contributed by atoms with Crippen LogP contribution in [0.25, 0.3) is 5.69 Å². The van der Waals surface area contributed by atoms with E-state index in [1.165, 1.54) is 5.56 Å². The van der Waals surface area contributed by atoms with Gasteiger partial charge in [-0.15, -0.1) is 0 Å². The Labute approximate surface area is 96.1 Å². The molecule has 1 aromatic carbocycles. The molecule has 1 heterocycles. The minimum atomic E-state index is 0.694. The minimum absolute atomic E-state index is 0.694. The minimum Gasteiger partial charge on any atom is -0.383 e. The molecule has 0 bridgehead atoms. The highest BCUT2D eigenvalue weighted by molar-refractivity contribution is 14.1. The van der Waals surface area contributed by atoms with Crippen molar-refractivity contribution in [3.05, 3.63) is 39.6 Å². The topological polar surface area (TPSA) is 43.8 Å². The predicted octanol–water partition coefficient (Wildman–Crippen LogP) is 2.37. The Bertz CT molecular complexity index is 462. The van der Waals surface area contributed by atoms with Crippen LogP contribution in [0.15, 0.2) is 30.5 Å². The van der Waals surface area contributed by atoms with Crippen LogP contribution in [0.1, 0.15) is 5.56 Å². The van der Waals surface area contributed by atoms with E-state index in [9.17, 15) is 0 Å². The number of aryl methyl sites for hydroxylation is 1. The summed E-state index contributed by atoms with van der Waals surface area (Å²) < 4.78 is 2.74. The van der Waals surface area contributed by atoms with Gasteiger partial charge in [0.05, 0.1) is 15.5 Å². The summed E-state index contributed by atoms with van der Waals surface area (Å²) in [4.78, 5) is 0. The van der Waals surface area contributed by atoms with Crippen LogP contribution in [0, 0.1) is 10.5 Å². The molecule has 0 spiro atoms. The third-order valence-electron chi connectivity index (χ3n) is 2.10. The van der Waals surface area contributed by atoms with Crippen LogP contribution in [0.2, 0.25) is 0 Å². The maximum absolute atomic E-state index is 5.90. The van der Waals surface area contributed by atoms with Gasteiger partial charge in [-0.1, -0.05) is 18.2 Å². The Balaban J connectivity index is 2.60. The van der Waals surface area contributed by atoms with Crippen LogP contribution >= 0.6 is 22.6 Å². The Morgan fingerprint density at radius 2 is 2.07 bits per heavy atom. The second-order valence-electron chi connectivity index (χ2n) is 3.08. The van der Waals surface area contributed by atoms with E-state index >= 15 is 0 Å². The van der Waals surface area contributed by atoms with Crippen LogP contribution in [0.3, 0.4) is 0 Å². The number of hydrogen-bond donors (Lipinski definition) is 1. The molecule has 0 atom stereocenters. The molecule has 2 rings (SSSR count). The number of nitrogens with zero attached hydrogens (tertiary/aromatic N) is 2. The fourth-order valence-corrected chi connectivity index (χ4v) is 1.68. The first kappa shape index (κ1) is 9.51. The number of anilines is 1. The Kier molecular flexibility index (Phi) is 2.45. The van der Waals surface area contributed by atoms with Gasteiger partial charge in [0.25, 0.3) is 0 Å². The second kappa shape index (κ2) is 3.61. The van der Waals surface area contributed by atoms with Crippen LogP contribution in [-0.4, -0.2) is 9.78 Å². The number of para-hydroxylation sites is 1. The molecular formula is C10H10IN3. The Morgan fingerprint density at radius 1 is 1.36 bits per heavy atom. The average molecular weight is 299 g/mol. The summed E-state index contributed by atoms with van der Waals surface area (Å²) in [5, 5.41) is 4.23. The molecular weight excluding hydrogens is 289 g/mol. The highest BCUT2D eigenvalue weighted by Gasteiger charge is 2.07. The third kappa shape index (κ3) is 1.50. The van der Waals surface area contributed by atoms with E-state index in [0.717, 1.165) is 9.26 Å². The van der Waals surface area contributed by atoms with Crippen LogP contribution in [0.4, 0.5) is 5.82 Å². The highest BCUT2D eigenvalue weighted by Crippen LogP contribution is 2.20. The standard InChI is InChI=1S/C10H10IN3/c1-7-4-2-3-5-9(7)14-10(12)8(11)6-13-14/h2-6H,12H2,1H3. The van der Waals surface area contributed by atoms with Crippen molar-refractivity contribution in [3.63, 3.8) is 0 Å². The number of nitrogens with two attached hydrogens (primary N) is 1. The van der Waals surface area contributed by atoms with Gasteiger partial charge in [-0.05, 0) is 41.1 Å². The molecule has 2 aromatic rings. The summed E-state index contributed by atoms with van der Waals surface area (Å²) in [7, 11) is 0. The normalized spacial score (nSPS) is 10.4. The number of halogens is 1. The fourth-order valence-electron chi connectivity index (χ4n) is 1.33. The fraction of sp³-hybridized carbons (Fsp3) is 0.100. The van der Waals surface area contributed by atoms with E-state index in [2.05, 4.69) is 27.7 Å². The van der Waals surface area contributed by atoms with Gasteiger partial charge in [0.1, 0.15) is 5.82 Å². The van der Waals surface area contributed by atoms with E-state index < -0.39 is 0 Å². The second-order valence-corrected chi connectivity index (χ2v) is 4.24. The van der Waals surface area contributed by atoms with Crippen molar-refractivity contribution in [1.29, 1.82) is 0 Å². The summed E-state index contributed by atoms with van der Waals surface area (Å²) in [6.45, 7) is 2.04. The van der Waals surface area contributed by atoms with E-state index in [4.69, 9.17) is 5.73 Å². The van der Waals surface area contributed by atoms with Gasteiger partial charge >= 0.3 is 0 Å². The maximum atomic E-state index is 5.90. The summed E-state index contributed by atoms with van der Waals surface area (Å²) in [5.41, 5.74) is 8.10. The lowest BCUT2D eigenvalue weighted by atomic mass is 10.2. The molecule has 14 heavy (non-hydrogen) atoms. The number of rotatable bonds is 1. The largest absolute Gasteiger partial charge is 0.383 e. The molecule has 72 valence electrons. The predicted molar refractivity (Wildman–Crippen MR) is 65.4 cm³/mol. The van der Waals surface area contributed by atoms with Crippen molar-refractivity contribution in [3.8, 4) is 5.69 Å². The first-order valence-electron chi connectivity index (χ1n) is 4.25. The van der Waals surface area contributed by atoms with Gasteiger partial charge in [-0.2, -0.15) is 5.10 Å². The quantitative estimate of drug-likeness (QED) is 0.822. The zero-order chi connectivity index (χ0) is 10.1. The van der Waals surface area contributed by atoms with Crippen LogP contribution in [-0.2, 0) is 0 Å². The van der Waals surface area contributed by atoms with Crippen LogP contribution < -0.4 is 5.73 Å². The molecule has 1 aromatic heterocycles. The van der Waals surface area contributed by atoms with Gasteiger partial charge < -0.3 is 5.73 Å². The van der Waals surface area contributed by atoms with Crippen molar-refractivity contribution in [2.24, 2.45) is 0 Å². The lowest BCUT2D eigenvalue weighted by molar-refractivity contribution is 0.883. The number of hydrogen-bond acceptors (Lipinski definition) is 2. The molecule has 3 nitrogen and oxygen atoms in total. The molecule has 0 saturated carbocycles. The lowest BCUT2D eigenvalue weighted by Crippen LogP contribution is -2.03. The van der Waals surface area contributed by atoms with Gasteiger partial charge in [-0.3, -0.25) is 0 Å². The summed E-state index contributed by atoms with van der Waals surface area (Å²) in [5.74, 6) is 0.694. The van der Waals surface area contributed by atoms with Crippen molar-refractivity contribution in [2.75, 3.05) is 5.73 Å². The first-order chi connectivity index (χ1) is 6.70. The molecule has 0 unspecified atom stereocenters. The zero-order valence-electron chi connectivity index (χ0n) is 7.74. The molecule has 0 fully saturated rings. The number of nitrogen functional groups attached to an aromatic ring is 1. The van der Waals surface area contributed by atoms with Crippen molar-refractivity contribution >= 4 is 28.4 Å². The summed E-state index contributed by atoms with van der Waals surface area (Å²) in [6.07, 6.45) is 1.77. The average Bonchev–Trinajstić information content (AvgIpc) is 2.49. The van der Waals surface area contributed by atoms with E-state index in [-0.39, 0.29) is 0 Å². The van der Waals surface area contributed by atoms with Gasteiger partial charge in [-0.25, -0.2) is 4.68 Å². The molecule has 4 heteroatoms.